The minimum Gasteiger partial charge on any atom is -0.384 e. The second-order valence-electron chi connectivity index (χ2n) is 5.07. The van der Waals surface area contributed by atoms with E-state index < -0.39 is 4.92 Å². The first kappa shape index (κ1) is 15.2. The van der Waals surface area contributed by atoms with E-state index >= 15 is 0 Å². The molecule has 1 unspecified atom stereocenters. The molecule has 1 aliphatic rings. The molecule has 1 fully saturated rings. The van der Waals surface area contributed by atoms with Crippen LogP contribution in [-0.4, -0.2) is 49.6 Å². The Labute approximate surface area is 123 Å². The number of carbonyl (C=O) groups excluding carboxylic acids is 1. The molecular weight excluding hydrogens is 274 g/mol. The van der Waals surface area contributed by atoms with E-state index in [1.54, 1.807) is 31.2 Å². The molecule has 7 heteroatoms. The van der Waals surface area contributed by atoms with Crippen LogP contribution >= 0.6 is 0 Å². The van der Waals surface area contributed by atoms with Crippen molar-refractivity contribution in [3.63, 3.8) is 0 Å². The highest BCUT2D eigenvalue weighted by Crippen LogP contribution is 2.30. The first-order chi connectivity index (χ1) is 10.1. The molecule has 7 nitrogen and oxygen atoms in total. The van der Waals surface area contributed by atoms with Crippen molar-refractivity contribution < 1.29 is 14.5 Å². The molecule has 114 valence electrons. The lowest BCUT2D eigenvalue weighted by molar-refractivity contribution is -0.384. The Morgan fingerprint density at radius 3 is 2.95 bits per heavy atom. The monoisotopic (exact) mass is 293 g/mol. The maximum absolute atomic E-state index is 12.5. The number of nitro benzene ring substituents is 1. The normalized spacial score (nSPS) is 17.8. The fourth-order valence-corrected chi connectivity index (χ4v) is 2.67. The number of nitro groups is 1. The molecule has 1 saturated heterocycles. The summed E-state index contributed by atoms with van der Waals surface area (Å²) in [5, 5.41) is 14.0. The summed E-state index contributed by atoms with van der Waals surface area (Å²) < 4.78 is 5.10. The van der Waals surface area contributed by atoms with Crippen molar-refractivity contribution in [2.75, 3.05) is 39.2 Å². The number of hydrogen-bond donors (Lipinski definition) is 1. The molecule has 1 aromatic rings. The highest BCUT2D eigenvalue weighted by Gasteiger charge is 2.31. The molecule has 0 radical (unpaired) electrons. The number of amides is 1. The van der Waals surface area contributed by atoms with Gasteiger partial charge in [-0.1, -0.05) is 6.07 Å². The van der Waals surface area contributed by atoms with Crippen molar-refractivity contribution in [3.8, 4) is 0 Å². The highest BCUT2D eigenvalue weighted by molar-refractivity contribution is 6.00. The summed E-state index contributed by atoms with van der Waals surface area (Å²) >= 11 is 0. The number of anilines is 1. The minimum atomic E-state index is -0.512. The molecular formula is C14H19N3O4. The lowest BCUT2D eigenvalue weighted by Gasteiger charge is -2.17. The van der Waals surface area contributed by atoms with E-state index in [0.29, 0.717) is 31.3 Å². The predicted molar refractivity (Wildman–Crippen MR) is 78.5 cm³/mol. The first-order valence-electron chi connectivity index (χ1n) is 6.81. The Hall–Kier alpha value is -2.15. The number of rotatable bonds is 5. The smallest absolute Gasteiger partial charge is 0.305 e. The highest BCUT2D eigenvalue weighted by atomic mass is 16.6. The Morgan fingerprint density at radius 1 is 1.57 bits per heavy atom. The van der Waals surface area contributed by atoms with E-state index in [9.17, 15) is 14.9 Å². The molecule has 1 aliphatic heterocycles. The zero-order valence-electron chi connectivity index (χ0n) is 12.2. The second-order valence-corrected chi connectivity index (χ2v) is 5.07. The summed E-state index contributed by atoms with van der Waals surface area (Å²) in [4.78, 5) is 25.0. The van der Waals surface area contributed by atoms with Gasteiger partial charge in [0.15, 0.2) is 0 Å². The average molecular weight is 293 g/mol. The third-order valence-electron chi connectivity index (χ3n) is 3.69. The Balaban J connectivity index is 2.26. The van der Waals surface area contributed by atoms with Gasteiger partial charge in [-0.05, 0) is 18.6 Å². The maximum Gasteiger partial charge on any atom is 0.305 e. The van der Waals surface area contributed by atoms with Crippen LogP contribution in [0.15, 0.2) is 18.2 Å². The quantitative estimate of drug-likeness (QED) is 0.660. The zero-order chi connectivity index (χ0) is 15.4. The van der Waals surface area contributed by atoms with Crippen molar-refractivity contribution in [1.82, 2.24) is 4.90 Å². The summed E-state index contributed by atoms with van der Waals surface area (Å²) in [5.41, 5.74) is 0.309. The predicted octanol–water partition coefficient (Wildman–Crippen LogP) is 1.74. The summed E-state index contributed by atoms with van der Waals surface area (Å²) in [6.07, 6.45) is 0.860. The van der Waals surface area contributed by atoms with Gasteiger partial charge < -0.3 is 15.0 Å². The molecule has 2 rings (SSSR count). The number of nitrogens with zero attached hydrogens (tertiary/aromatic N) is 2. The van der Waals surface area contributed by atoms with Crippen LogP contribution in [0.25, 0.3) is 0 Å². The average Bonchev–Trinajstić information content (AvgIpc) is 2.94. The number of methoxy groups -OCH3 is 1. The third-order valence-corrected chi connectivity index (χ3v) is 3.69. The van der Waals surface area contributed by atoms with Gasteiger partial charge in [0.25, 0.3) is 5.91 Å². The molecule has 0 bridgehead atoms. The molecule has 0 aliphatic carbocycles. The fourth-order valence-electron chi connectivity index (χ4n) is 2.67. The van der Waals surface area contributed by atoms with Crippen molar-refractivity contribution in [2.24, 2.45) is 5.92 Å². The molecule has 0 aromatic heterocycles. The number of carbonyl (C=O) groups is 1. The fraction of sp³-hybridized carbons (Fsp3) is 0.500. The molecule has 1 amide bonds. The molecule has 1 heterocycles. The molecule has 21 heavy (non-hydrogen) atoms. The SMILES string of the molecule is CNc1cccc(C(=O)N2CCC(COC)C2)c1[N+](=O)[O-]. The van der Waals surface area contributed by atoms with E-state index in [2.05, 4.69) is 5.32 Å². The largest absolute Gasteiger partial charge is 0.384 e. The van der Waals surface area contributed by atoms with Crippen LogP contribution in [0.1, 0.15) is 16.8 Å². The van der Waals surface area contributed by atoms with E-state index in [-0.39, 0.29) is 17.2 Å². The lowest BCUT2D eigenvalue weighted by atomic mass is 10.1. The molecule has 0 saturated carbocycles. The van der Waals surface area contributed by atoms with Gasteiger partial charge in [0, 0.05) is 33.2 Å². The van der Waals surface area contributed by atoms with Crippen molar-refractivity contribution >= 4 is 17.3 Å². The number of benzene rings is 1. The van der Waals surface area contributed by atoms with Gasteiger partial charge in [0.2, 0.25) is 0 Å². The Kier molecular flexibility index (Phi) is 4.74. The van der Waals surface area contributed by atoms with Crippen molar-refractivity contribution in [2.45, 2.75) is 6.42 Å². The third kappa shape index (κ3) is 3.13. The molecule has 0 spiro atoms. The maximum atomic E-state index is 12.5. The van der Waals surface area contributed by atoms with Gasteiger partial charge in [0.1, 0.15) is 11.3 Å². The van der Waals surface area contributed by atoms with Crippen LogP contribution in [0.5, 0.6) is 0 Å². The van der Waals surface area contributed by atoms with Gasteiger partial charge in [-0.15, -0.1) is 0 Å². The van der Waals surface area contributed by atoms with Crippen molar-refractivity contribution in [1.29, 1.82) is 0 Å². The summed E-state index contributed by atoms with van der Waals surface area (Å²) in [6, 6.07) is 4.74. The van der Waals surface area contributed by atoms with Crippen LogP contribution in [0, 0.1) is 16.0 Å². The van der Waals surface area contributed by atoms with Gasteiger partial charge in [-0.2, -0.15) is 0 Å². The van der Waals surface area contributed by atoms with Crippen LogP contribution in [-0.2, 0) is 4.74 Å². The lowest BCUT2D eigenvalue weighted by Crippen LogP contribution is -2.30. The molecule has 1 aromatic carbocycles. The van der Waals surface area contributed by atoms with Crippen LogP contribution < -0.4 is 5.32 Å². The zero-order valence-corrected chi connectivity index (χ0v) is 12.2. The number of hydrogen-bond acceptors (Lipinski definition) is 5. The van der Waals surface area contributed by atoms with Crippen LogP contribution in [0.3, 0.4) is 0 Å². The van der Waals surface area contributed by atoms with Gasteiger partial charge in [0.05, 0.1) is 11.5 Å². The van der Waals surface area contributed by atoms with E-state index in [0.717, 1.165) is 6.42 Å². The Morgan fingerprint density at radius 2 is 2.33 bits per heavy atom. The van der Waals surface area contributed by atoms with E-state index in [1.807, 2.05) is 0 Å². The van der Waals surface area contributed by atoms with Crippen LogP contribution in [0.2, 0.25) is 0 Å². The number of para-hydroxylation sites is 1. The van der Waals surface area contributed by atoms with Gasteiger partial charge >= 0.3 is 5.69 Å². The summed E-state index contributed by atoms with van der Waals surface area (Å²) in [7, 11) is 3.23. The second kappa shape index (κ2) is 6.53. The number of likely N-dealkylation sites (tertiary alicyclic amines) is 1. The van der Waals surface area contributed by atoms with E-state index in [1.165, 1.54) is 6.07 Å². The number of ether oxygens (including phenoxy) is 1. The topological polar surface area (TPSA) is 84.7 Å². The van der Waals surface area contributed by atoms with Crippen LogP contribution in [0.4, 0.5) is 11.4 Å². The van der Waals surface area contributed by atoms with Crippen molar-refractivity contribution in [3.05, 3.63) is 33.9 Å². The minimum absolute atomic E-state index is 0.130. The molecule has 1 atom stereocenters. The standard InChI is InChI=1S/C14H19N3O4/c1-15-12-5-3-4-11(13(12)17(19)20)14(18)16-7-6-10(8-16)9-21-2/h3-5,10,15H,6-9H2,1-2H3. The Bertz CT molecular complexity index is 547. The summed E-state index contributed by atoms with van der Waals surface area (Å²) in [5.74, 6) is 0.00268. The van der Waals surface area contributed by atoms with E-state index in [4.69, 9.17) is 4.74 Å². The first-order valence-corrected chi connectivity index (χ1v) is 6.81. The summed E-state index contributed by atoms with van der Waals surface area (Å²) in [6.45, 7) is 1.78. The molecule has 1 N–H and O–H groups in total. The number of nitrogens with one attached hydrogen (secondary N) is 1. The van der Waals surface area contributed by atoms with Gasteiger partial charge in [-0.3, -0.25) is 14.9 Å². The van der Waals surface area contributed by atoms with Gasteiger partial charge in [-0.25, -0.2) is 0 Å².